The largest absolute Gasteiger partial charge is 0.383 e. The van der Waals surface area contributed by atoms with Gasteiger partial charge >= 0.3 is 0 Å². The van der Waals surface area contributed by atoms with Gasteiger partial charge in [-0.1, -0.05) is 60.7 Å². The van der Waals surface area contributed by atoms with Crippen LogP contribution in [-0.2, 0) is 32.2 Å². The summed E-state index contributed by atoms with van der Waals surface area (Å²) in [5, 5.41) is 0. The van der Waals surface area contributed by atoms with Gasteiger partial charge in [-0.3, -0.25) is 9.59 Å². The van der Waals surface area contributed by atoms with Gasteiger partial charge in [0.05, 0.1) is 19.8 Å². The van der Waals surface area contributed by atoms with Crippen molar-refractivity contribution < 1.29 is 19.1 Å². The highest BCUT2D eigenvalue weighted by Gasteiger charge is 2.21. The predicted octanol–water partition coefficient (Wildman–Crippen LogP) is 3.70. The third kappa shape index (κ3) is 8.52. The molecule has 3 rings (SSSR count). The first kappa shape index (κ1) is 26.9. The maximum atomic E-state index is 13.4. The molecule has 7 heteroatoms. The van der Waals surface area contributed by atoms with Gasteiger partial charge in [0, 0.05) is 51.8 Å². The van der Waals surface area contributed by atoms with Gasteiger partial charge in [0.1, 0.15) is 6.54 Å². The molecule has 190 valence electrons. The van der Waals surface area contributed by atoms with Crippen molar-refractivity contribution in [2.45, 2.75) is 13.1 Å². The van der Waals surface area contributed by atoms with Crippen molar-refractivity contribution in [2.75, 3.05) is 47.1 Å². The second-order valence-electron chi connectivity index (χ2n) is 8.42. The molecule has 0 unspecified atom stereocenters. The van der Waals surface area contributed by atoms with E-state index in [9.17, 15) is 9.59 Å². The molecule has 0 N–H and O–H groups in total. The molecule has 1 heterocycles. The van der Waals surface area contributed by atoms with E-state index in [4.69, 9.17) is 9.47 Å². The number of benzene rings is 2. The molecule has 0 saturated heterocycles. The van der Waals surface area contributed by atoms with Crippen LogP contribution in [-0.4, -0.2) is 73.2 Å². The van der Waals surface area contributed by atoms with E-state index in [2.05, 4.69) is 16.7 Å². The molecular weight excluding hydrogens is 454 g/mol. The number of hydrogen-bond donors (Lipinski definition) is 0. The lowest BCUT2D eigenvalue weighted by Gasteiger charge is -2.27. The van der Waals surface area contributed by atoms with Gasteiger partial charge in [-0.15, -0.1) is 0 Å². The van der Waals surface area contributed by atoms with Crippen molar-refractivity contribution in [3.63, 3.8) is 0 Å². The van der Waals surface area contributed by atoms with Crippen LogP contribution in [0.25, 0.3) is 6.08 Å². The number of nitrogens with zero attached hydrogens (tertiary/aromatic N) is 3. The molecule has 0 radical (unpaired) electrons. The third-order valence-corrected chi connectivity index (χ3v) is 5.81. The lowest BCUT2D eigenvalue weighted by Crippen LogP contribution is -2.44. The fourth-order valence-corrected chi connectivity index (χ4v) is 3.79. The van der Waals surface area contributed by atoms with Gasteiger partial charge in [0.2, 0.25) is 11.8 Å². The van der Waals surface area contributed by atoms with Crippen LogP contribution in [0.1, 0.15) is 16.8 Å². The first-order valence-corrected chi connectivity index (χ1v) is 12.1. The molecule has 0 atom stereocenters. The minimum Gasteiger partial charge on any atom is -0.383 e. The molecule has 0 bridgehead atoms. The summed E-state index contributed by atoms with van der Waals surface area (Å²) in [6.45, 7) is 2.61. The van der Waals surface area contributed by atoms with Gasteiger partial charge in [0.15, 0.2) is 0 Å². The number of carbonyl (C=O) groups is 2. The summed E-state index contributed by atoms with van der Waals surface area (Å²) >= 11 is 0. The highest BCUT2D eigenvalue weighted by Crippen LogP contribution is 2.12. The second-order valence-corrected chi connectivity index (χ2v) is 8.42. The number of hydrogen-bond acceptors (Lipinski definition) is 4. The van der Waals surface area contributed by atoms with Gasteiger partial charge in [-0.25, -0.2) is 0 Å². The van der Waals surface area contributed by atoms with Crippen LogP contribution in [0.4, 0.5) is 0 Å². The number of amides is 2. The molecule has 2 amide bonds. The van der Waals surface area contributed by atoms with Gasteiger partial charge in [-0.05, 0) is 29.3 Å². The van der Waals surface area contributed by atoms with E-state index in [-0.39, 0.29) is 18.4 Å². The summed E-state index contributed by atoms with van der Waals surface area (Å²) in [6, 6.07) is 23.8. The van der Waals surface area contributed by atoms with Crippen molar-refractivity contribution in [3.05, 3.63) is 102 Å². The first-order chi connectivity index (χ1) is 17.6. The third-order valence-electron chi connectivity index (χ3n) is 5.81. The maximum Gasteiger partial charge on any atom is 0.247 e. The Morgan fingerprint density at radius 2 is 1.47 bits per heavy atom. The summed E-state index contributed by atoms with van der Waals surface area (Å²) in [5.74, 6) is -0.375. The SMILES string of the molecule is COCCN(CC(=O)N(CCOC)Cc1cccn1Cc1ccccc1)C(=O)/C=C/c1ccccc1. The van der Waals surface area contributed by atoms with Crippen LogP contribution in [0, 0.1) is 0 Å². The van der Waals surface area contributed by atoms with Crippen molar-refractivity contribution >= 4 is 17.9 Å². The normalized spacial score (nSPS) is 11.1. The molecule has 3 aromatic rings. The van der Waals surface area contributed by atoms with Crippen LogP contribution < -0.4 is 0 Å². The second kappa shape index (κ2) is 14.7. The fraction of sp³-hybridized carbons (Fsp3) is 0.310. The van der Waals surface area contributed by atoms with E-state index in [1.165, 1.54) is 16.5 Å². The zero-order valence-corrected chi connectivity index (χ0v) is 21.1. The first-order valence-electron chi connectivity index (χ1n) is 12.1. The molecule has 0 fully saturated rings. The summed E-state index contributed by atoms with van der Waals surface area (Å²) in [6.07, 6.45) is 5.28. The standard InChI is InChI=1S/C29H35N3O4/c1-35-20-18-31(23-27-14-9-17-30(27)22-26-12-7-4-8-13-26)29(34)24-32(19-21-36-2)28(33)16-15-25-10-5-3-6-11-25/h3-17H,18-24H2,1-2H3/b16-15+. The minimum atomic E-state index is -0.233. The molecular formula is C29H35N3O4. The monoisotopic (exact) mass is 489 g/mol. The number of methoxy groups -OCH3 is 2. The molecule has 0 spiro atoms. The van der Waals surface area contributed by atoms with Gasteiger partial charge in [-0.2, -0.15) is 0 Å². The van der Waals surface area contributed by atoms with E-state index in [1.807, 2.05) is 66.9 Å². The van der Waals surface area contributed by atoms with Crippen molar-refractivity contribution in [2.24, 2.45) is 0 Å². The molecule has 1 aromatic heterocycles. The maximum absolute atomic E-state index is 13.4. The van der Waals surface area contributed by atoms with Crippen molar-refractivity contribution in [1.29, 1.82) is 0 Å². The highest BCUT2D eigenvalue weighted by molar-refractivity contribution is 5.94. The van der Waals surface area contributed by atoms with Gasteiger partial charge < -0.3 is 23.8 Å². The summed E-state index contributed by atoms with van der Waals surface area (Å²) in [5.41, 5.74) is 3.12. The van der Waals surface area contributed by atoms with Crippen LogP contribution in [0.5, 0.6) is 0 Å². The molecule has 0 aliphatic carbocycles. The zero-order valence-electron chi connectivity index (χ0n) is 21.1. The summed E-state index contributed by atoms with van der Waals surface area (Å²) in [7, 11) is 3.19. The molecule has 0 aliphatic heterocycles. The van der Waals surface area contributed by atoms with E-state index < -0.39 is 0 Å². The Balaban J connectivity index is 1.71. The summed E-state index contributed by atoms with van der Waals surface area (Å²) in [4.78, 5) is 29.6. The average Bonchev–Trinajstić information content (AvgIpc) is 3.34. The Bertz CT molecular complexity index is 1100. The van der Waals surface area contributed by atoms with Crippen LogP contribution in [0.3, 0.4) is 0 Å². The lowest BCUT2D eigenvalue weighted by atomic mass is 10.2. The Hall–Kier alpha value is -3.68. The quantitative estimate of drug-likeness (QED) is 0.324. The van der Waals surface area contributed by atoms with Crippen LogP contribution in [0.15, 0.2) is 85.1 Å². The molecule has 2 aromatic carbocycles. The van der Waals surface area contributed by atoms with E-state index in [1.54, 1.807) is 25.2 Å². The smallest absolute Gasteiger partial charge is 0.247 e. The Kier molecular flexibility index (Phi) is 11.0. The Labute approximate surface area is 213 Å². The average molecular weight is 490 g/mol. The van der Waals surface area contributed by atoms with Crippen molar-refractivity contribution in [1.82, 2.24) is 14.4 Å². The minimum absolute atomic E-state index is 0.0373. The molecule has 36 heavy (non-hydrogen) atoms. The summed E-state index contributed by atoms with van der Waals surface area (Å²) < 4.78 is 12.6. The Morgan fingerprint density at radius 3 is 2.14 bits per heavy atom. The fourth-order valence-electron chi connectivity index (χ4n) is 3.79. The number of rotatable bonds is 14. The highest BCUT2D eigenvalue weighted by atomic mass is 16.5. The van der Waals surface area contributed by atoms with E-state index >= 15 is 0 Å². The predicted molar refractivity (Wildman–Crippen MR) is 141 cm³/mol. The van der Waals surface area contributed by atoms with Gasteiger partial charge in [0.25, 0.3) is 0 Å². The van der Waals surface area contributed by atoms with E-state index in [0.717, 1.165) is 17.8 Å². The van der Waals surface area contributed by atoms with Crippen LogP contribution in [0.2, 0.25) is 0 Å². The Morgan fingerprint density at radius 1 is 0.833 bits per heavy atom. The number of aromatic nitrogens is 1. The number of carbonyl (C=O) groups excluding carboxylic acids is 2. The molecule has 0 saturated carbocycles. The topological polar surface area (TPSA) is 64.0 Å². The lowest BCUT2D eigenvalue weighted by molar-refractivity contribution is -0.139. The zero-order chi connectivity index (χ0) is 25.6. The van der Waals surface area contributed by atoms with E-state index in [0.29, 0.717) is 32.8 Å². The number of ether oxygens (including phenoxy) is 2. The van der Waals surface area contributed by atoms with Crippen LogP contribution >= 0.6 is 0 Å². The van der Waals surface area contributed by atoms with Crippen molar-refractivity contribution in [3.8, 4) is 0 Å². The molecule has 7 nitrogen and oxygen atoms in total. The molecule has 0 aliphatic rings.